The molecule has 0 unspecified atom stereocenters. The number of methoxy groups -OCH3 is 2. The van der Waals surface area contributed by atoms with Crippen LogP contribution in [0.1, 0.15) is 75.8 Å². The van der Waals surface area contributed by atoms with Gasteiger partial charge in [-0.15, -0.1) is 0 Å². The number of carbonyl (C=O) groups is 5. The number of ether oxygens (including phenoxy) is 5. The molecule has 1 spiro atoms. The first-order chi connectivity index (χ1) is 23.5. The van der Waals surface area contributed by atoms with Gasteiger partial charge in [-0.25, -0.2) is 9.59 Å². The molecule has 16 nitrogen and oxygen atoms in total. The van der Waals surface area contributed by atoms with E-state index in [9.17, 15) is 29.1 Å². The Balaban J connectivity index is 0.000000369. The fourth-order valence-electron chi connectivity index (χ4n) is 7.13. The van der Waals surface area contributed by atoms with E-state index in [0.717, 1.165) is 49.2 Å². The average molecular weight is 708 g/mol. The van der Waals surface area contributed by atoms with Crippen molar-refractivity contribution in [3.05, 3.63) is 35.1 Å². The standard InChI is InChI=1S/C28H37NO8.C6H8O7/c1-17(2)6-9-28(32,15-23(30)34-4)26(31)37-25-22(33-3)14-27-8-5-10-29(27)11-7-18-12-20-21(36-16-35-20)13-19(18)24(25)27;7-3(8)1-6(13,5(11)12)2-4(9)10/h12-14,17,24-25,32H,5-11,15-16H2,1-4H3;13H,1-2H2,(H,7,8)(H,9,10)(H,11,12)/t24-,25-,27+,28-;/m1./s1. The second-order valence-corrected chi connectivity index (χ2v) is 13.5. The second kappa shape index (κ2) is 15.2. The van der Waals surface area contributed by atoms with Crippen LogP contribution in [0.25, 0.3) is 0 Å². The van der Waals surface area contributed by atoms with Crippen molar-refractivity contribution in [2.75, 3.05) is 34.1 Å². The normalized spacial score (nSPS) is 23.1. The summed E-state index contributed by atoms with van der Waals surface area (Å²) in [4.78, 5) is 58.8. The molecule has 0 bridgehead atoms. The molecule has 1 aromatic rings. The number of rotatable bonds is 13. The molecular weight excluding hydrogens is 662 g/mol. The Hall–Kier alpha value is -4.41. The topological polar surface area (TPSA) is 236 Å². The molecule has 1 aromatic carbocycles. The molecule has 4 aliphatic rings. The van der Waals surface area contributed by atoms with Crippen LogP contribution in [-0.4, -0.2) is 117 Å². The first kappa shape index (κ1) is 38.4. The van der Waals surface area contributed by atoms with Crippen molar-refractivity contribution in [3.63, 3.8) is 0 Å². The first-order valence-corrected chi connectivity index (χ1v) is 16.3. The Morgan fingerprint density at radius 3 is 2.16 bits per heavy atom. The van der Waals surface area contributed by atoms with Gasteiger partial charge in [-0.3, -0.25) is 19.3 Å². The predicted molar refractivity (Wildman–Crippen MR) is 170 cm³/mol. The van der Waals surface area contributed by atoms with Gasteiger partial charge in [-0.05, 0) is 73.9 Å². The third-order valence-corrected chi connectivity index (χ3v) is 9.66. The van der Waals surface area contributed by atoms with Crippen molar-refractivity contribution in [2.45, 2.75) is 94.0 Å². The zero-order valence-corrected chi connectivity index (χ0v) is 28.5. The van der Waals surface area contributed by atoms with Crippen LogP contribution in [0.15, 0.2) is 24.0 Å². The Kier molecular flexibility index (Phi) is 11.7. The number of aliphatic carboxylic acids is 3. The van der Waals surface area contributed by atoms with Crippen LogP contribution >= 0.6 is 0 Å². The van der Waals surface area contributed by atoms with Crippen molar-refractivity contribution >= 4 is 29.8 Å². The van der Waals surface area contributed by atoms with E-state index in [1.54, 1.807) is 7.11 Å². The zero-order chi connectivity index (χ0) is 37.0. The van der Waals surface area contributed by atoms with Crippen LogP contribution in [0.2, 0.25) is 0 Å². The number of hydrogen-bond donors (Lipinski definition) is 5. The Bertz CT molecular complexity index is 1510. The van der Waals surface area contributed by atoms with E-state index in [1.165, 1.54) is 7.11 Å². The minimum Gasteiger partial charge on any atom is -0.497 e. The lowest BCUT2D eigenvalue weighted by Crippen LogP contribution is -2.49. The molecule has 1 fully saturated rings. The summed E-state index contributed by atoms with van der Waals surface area (Å²) >= 11 is 0. The van der Waals surface area contributed by atoms with Gasteiger partial charge in [0, 0.05) is 6.54 Å². The van der Waals surface area contributed by atoms with E-state index in [1.807, 2.05) is 26.0 Å². The lowest BCUT2D eigenvalue weighted by Gasteiger charge is -2.39. The van der Waals surface area contributed by atoms with Crippen molar-refractivity contribution < 1.29 is 73.2 Å². The van der Waals surface area contributed by atoms with Crippen LogP contribution in [0.5, 0.6) is 11.5 Å². The zero-order valence-electron chi connectivity index (χ0n) is 28.5. The van der Waals surface area contributed by atoms with Gasteiger partial charge in [0.05, 0.1) is 44.9 Å². The lowest BCUT2D eigenvalue weighted by atomic mass is 9.77. The van der Waals surface area contributed by atoms with Crippen LogP contribution < -0.4 is 9.47 Å². The minimum atomic E-state index is -2.74. The molecule has 5 rings (SSSR count). The molecule has 1 saturated heterocycles. The van der Waals surface area contributed by atoms with Gasteiger partial charge in [0.1, 0.15) is 5.76 Å². The third kappa shape index (κ3) is 7.97. The van der Waals surface area contributed by atoms with E-state index in [4.69, 9.17) is 44.1 Å². The van der Waals surface area contributed by atoms with Gasteiger partial charge in [0.25, 0.3) is 0 Å². The highest BCUT2D eigenvalue weighted by atomic mass is 16.7. The average Bonchev–Trinajstić information content (AvgIpc) is 3.73. The monoisotopic (exact) mass is 707 g/mol. The molecule has 50 heavy (non-hydrogen) atoms. The number of carboxylic acid groups (broad SMARTS) is 3. The maximum atomic E-state index is 13.7. The maximum absolute atomic E-state index is 13.7. The molecule has 5 N–H and O–H groups in total. The molecule has 0 aromatic heterocycles. The molecule has 1 aliphatic carbocycles. The Morgan fingerprint density at radius 1 is 0.960 bits per heavy atom. The van der Waals surface area contributed by atoms with Crippen molar-refractivity contribution in [1.29, 1.82) is 0 Å². The van der Waals surface area contributed by atoms with E-state index in [-0.39, 0.29) is 30.6 Å². The van der Waals surface area contributed by atoms with E-state index >= 15 is 0 Å². The fraction of sp³-hybridized carbons (Fsp3) is 0.618. The summed E-state index contributed by atoms with van der Waals surface area (Å²) in [6.45, 7) is 5.97. The van der Waals surface area contributed by atoms with Crippen molar-refractivity contribution in [2.24, 2.45) is 5.92 Å². The number of benzene rings is 1. The number of aliphatic hydroxyl groups is 2. The van der Waals surface area contributed by atoms with Gasteiger partial charge in [-0.2, -0.15) is 0 Å². The highest BCUT2D eigenvalue weighted by molar-refractivity contribution is 5.88. The smallest absolute Gasteiger partial charge is 0.339 e. The quantitative estimate of drug-likeness (QED) is 0.184. The molecule has 0 radical (unpaired) electrons. The molecule has 0 amide bonds. The molecular formula is C34H45NO15. The SMILES string of the molecule is COC(=O)C[C@](O)(CCC(C)C)C(=O)O[C@@H]1C(OC)=C[C@]23CCCN2CCc2cc4c(cc2[C@H]13)OCO4.O=C(O)CC(O)(CC(=O)O)C(=O)O. The summed E-state index contributed by atoms with van der Waals surface area (Å²) in [6.07, 6.45) is 1.98. The van der Waals surface area contributed by atoms with Gasteiger partial charge in [0.15, 0.2) is 28.8 Å². The highest BCUT2D eigenvalue weighted by Crippen LogP contribution is 2.55. The van der Waals surface area contributed by atoms with Crippen LogP contribution in [0.4, 0.5) is 0 Å². The molecule has 3 heterocycles. The van der Waals surface area contributed by atoms with Crippen LogP contribution in [0, 0.1) is 5.92 Å². The van der Waals surface area contributed by atoms with Gasteiger partial charge >= 0.3 is 29.8 Å². The molecule has 16 heteroatoms. The minimum absolute atomic E-state index is 0.0918. The Morgan fingerprint density at radius 2 is 1.60 bits per heavy atom. The number of nitrogens with zero attached hydrogens (tertiary/aromatic N) is 1. The summed E-state index contributed by atoms with van der Waals surface area (Å²) < 4.78 is 28.1. The molecule has 3 aliphatic heterocycles. The van der Waals surface area contributed by atoms with Gasteiger partial charge < -0.3 is 49.2 Å². The summed E-state index contributed by atoms with van der Waals surface area (Å²) in [5.74, 6) is -4.59. The summed E-state index contributed by atoms with van der Waals surface area (Å²) in [5.41, 5.74) is -2.96. The summed E-state index contributed by atoms with van der Waals surface area (Å²) in [6, 6.07) is 4.05. The molecule has 0 saturated carbocycles. The van der Waals surface area contributed by atoms with E-state index in [0.29, 0.717) is 17.9 Å². The molecule has 4 atom stereocenters. The number of carboxylic acids is 3. The summed E-state index contributed by atoms with van der Waals surface area (Å²) in [7, 11) is 2.82. The van der Waals surface area contributed by atoms with Gasteiger partial charge in [0.2, 0.25) is 6.79 Å². The maximum Gasteiger partial charge on any atom is 0.339 e. The largest absolute Gasteiger partial charge is 0.497 e. The highest BCUT2D eigenvalue weighted by Gasteiger charge is 2.59. The third-order valence-electron chi connectivity index (χ3n) is 9.66. The van der Waals surface area contributed by atoms with Crippen molar-refractivity contribution in [3.8, 4) is 11.5 Å². The second-order valence-electron chi connectivity index (χ2n) is 13.5. The van der Waals surface area contributed by atoms with E-state index in [2.05, 4.69) is 11.0 Å². The number of esters is 2. The lowest BCUT2D eigenvalue weighted by molar-refractivity contribution is -0.178. The van der Waals surface area contributed by atoms with Crippen LogP contribution in [0.3, 0.4) is 0 Å². The molecule has 276 valence electrons. The Labute approximate surface area is 288 Å². The number of hydrogen-bond acceptors (Lipinski definition) is 13. The van der Waals surface area contributed by atoms with Crippen LogP contribution in [-0.2, 0) is 44.6 Å². The van der Waals surface area contributed by atoms with E-state index < -0.39 is 66.4 Å². The predicted octanol–water partition coefficient (Wildman–Crippen LogP) is 1.83. The first-order valence-electron chi connectivity index (χ1n) is 16.3. The number of carbonyl (C=O) groups excluding carboxylic acids is 2. The van der Waals surface area contributed by atoms with Gasteiger partial charge in [-0.1, -0.05) is 13.8 Å². The fourth-order valence-corrected chi connectivity index (χ4v) is 7.13. The summed E-state index contributed by atoms with van der Waals surface area (Å²) in [5, 5.41) is 45.2. The number of fused-ring (bicyclic) bond motifs is 3. The van der Waals surface area contributed by atoms with Crippen molar-refractivity contribution in [1.82, 2.24) is 4.90 Å².